The molecule has 0 amide bonds. The second-order valence-electron chi connectivity index (χ2n) is 6.01. The van der Waals surface area contributed by atoms with Gasteiger partial charge in [0.15, 0.2) is 23.1 Å². The first-order valence-electron chi connectivity index (χ1n) is 8.24. The van der Waals surface area contributed by atoms with E-state index in [1.165, 1.54) is 25.3 Å². The highest BCUT2D eigenvalue weighted by atomic mass is 35.5. The van der Waals surface area contributed by atoms with Crippen LogP contribution in [0.1, 0.15) is 18.6 Å². The fourth-order valence-electron chi connectivity index (χ4n) is 2.73. The predicted molar refractivity (Wildman–Crippen MR) is 108 cm³/mol. The van der Waals surface area contributed by atoms with Crippen molar-refractivity contribution in [2.75, 3.05) is 12.8 Å². The number of hydrogen-bond acceptors (Lipinski definition) is 5. The average molecular weight is 423 g/mol. The molecule has 0 saturated heterocycles. The summed E-state index contributed by atoms with van der Waals surface area (Å²) in [4.78, 5) is 4.15. The molecule has 5 nitrogen and oxygen atoms in total. The zero-order valence-electron chi connectivity index (χ0n) is 15.0. The van der Waals surface area contributed by atoms with Crippen LogP contribution in [0.4, 0.5) is 10.2 Å². The summed E-state index contributed by atoms with van der Waals surface area (Å²) in [5.41, 5.74) is 7.68. The number of anilines is 1. The first-order chi connectivity index (χ1) is 13.3. The van der Waals surface area contributed by atoms with Gasteiger partial charge in [-0.25, -0.2) is 9.37 Å². The molecule has 0 aliphatic rings. The number of phenols is 1. The van der Waals surface area contributed by atoms with Gasteiger partial charge in [0.1, 0.15) is 11.9 Å². The Balaban J connectivity index is 1.96. The van der Waals surface area contributed by atoms with Gasteiger partial charge in [0.05, 0.1) is 12.1 Å². The van der Waals surface area contributed by atoms with Crippen molar-refractivity contribution in [2.45, 2.75) is 13.0 Å². The highest BCUT2D eigenvalue weighted by molar-refractivity contribution is 6.36. The Morgan fingerprint density at radius 2 is 1.82 bits per heavy atom. The maximum Gasteiger partial charge on any atom is 0.166 e. The van der Waals surface area contributed by atoms with E-state index in [1.807, 2.05) is 0 Å². The Kier molecular flexibility index (Phi) is 5.82. The van der Waals surface area contributed by atoms with Crippen LogP contribution in [0.5, 0.6) is 17.2 Å². The third kappa shape index (κ3) is 3.93. The first kappa shape index (κ1) is 20.0. The number of nitrogen functional groups attached to an aromatic ring is 1. The summed E-state index contributed by atoms with van der Waals surface area (Å²) in [6, 6.07) is 9.18. The molecule has 3 N–H and O–H groups in total. The topological polar surface area (TPSA) is 77.6 Å². The molecule has 0 saturated carbocycles. The summed E-state index contributed by atoms with van der Waals surface area (Å²) in [5, 5.41) is 9.94. The Bertz CT molecular complexity index is 1030. The summed E-state index contributed by atoms with van der Waals surface area (Å²) < 4.78 is 24.8. The minimum atomic E-state index is -0.676. The van der Waals surface area contributed by atoms with E-state index in [0.29, 0.717) is 16.9 Å². The van der Waals surface area contributed by atoms with Gasteiger partial charge in [-0.05, 0) is 42.8 Å². The number of pyridine rings is 1. The van der Waals surface area contributed by atoms with Gasteiger partial charge in [-0.15, -0.1) is 0 Å². The fraction of sp³-hybridized carbons (Fsp3) is 0.150. The van der Waals surface area contributed by atoms with Crippen molar-refractivity contribution in [2.24, 2.45) is 0 Å². The van der Waals surface area contributed by atoms with Gasteiger partial charge < -0.3 is 20.3 Å². The molecular formula is C20H17Cl2FN2O3. The molecule has 0 aliphatic heterocycles. The second kappa shape index (κ2) is 8.12. The van der Waals surface area contributed by atoms with E-state index < -0.39 is 11.9 Å². The lowest BCUT2D eigenvalue weighted by Crippen LogP contribution is -2.08. The summed E-state index contributed by atoms with van der Waals surface area (Å²) in [6.45, 7) is 1.68. The second-order valence-corrected chi connectivity index (χ2v) is 6.80. The molecule has 1 unspecified atom stereocenters. The van der Waals surface area contributed by atoms with Crippen molar-refractivity contribution in [1.29, 1.82) is 0 Å². The lowest BCUT2D eigenvalue weighted by molar-refractivity contribution is 0.227. The van der Waals surface area contributed by atoms with Crippen LogP contribution in [0.15, 0.2) is 42.6 Å². The number of nitrogens with zero attached hydrogens (tertiary/aromatic N) is 1. The zero-order chi connectivity index (χ0) is 20.4. The predicted octanol–water partition coefficient (Wildman–Crippen LogP) is 5.63. The van der Waals surface area contributed by atoms with E-state index in [-0.39, 0.29) is 27.4 Å². The molecule has 0 fully saturated rings. The van der Waals surface area contributed by atoms with E-state index in [2.05, 4.69) is 4.98 Å². The lowest BCUT2D eigenvalue weighted by atomic mass is 10.1. The molecule has 28 heavy (non-hydrogen) atoms. The smallest absolute Gasteiger partial charge is 0.166 e. The third-order valence-electron chi connectivity index (χ3n) is 4.18. The van der Waals surface area contributed by atoms with Gasteiger partial charge in [-0.3, -0.25) is 0 Å². The van der Waals surface area contributed by atoms with Gasteiger partial charge in [-0.1, -0.05) is 29.3 Å². The fourth-order valence-corrected chi connectivity index (χ4v) is 3.41. The van der Waals surface area contributed by atoms with Gasteiger partial charge in [0.2, 0.25) is 0 Å². The van der Waals surface area contributed by atoms with Crippen LogP contribution in [0.3, 0.4) is 0 Å². The third-order valence-corrected chi connectivity index (χ3v) is 4.90. The summed E-state index contributed by atoms with van der Waals surface area (Å²) in [5.74, 6) is 0.199. The molecule has 3 rings (SSSR count). The monoisotopic (exact) mass is 422 g/mol. The van der Waals surface area contributed by atoms with Gasteiger partial charge >= 0.3 is 0 Å². The number of methoxy groups -OCH3 is 1. The van der Waals surface area contributed by atoms with E-state index in [9.17, 15) is 9.50 Å². The van der Waals surface area contributed by atoms with Crippen LogP contribution < -0.4 is 15.2 Å². The number of halogens is 3. The highest BCUT2D eigenvalue weighted by Crippen LogP contribution is 2.38. The van der Waals surface area contributed by atoms with Crippen molar-refractivity contribution in [3.05, 3.63) is 64.0 Å². The first-order valence-corrected chi connectivity index (χ1v) is 9.00. The molecule has 0 radical (unpaired) electrons. The molecule has 1 atom stereocenters. The Hall–Kier alpha value is -2.70. The number of rotatable bonds is 5. The SMILES string of the molecule is COc1cc(-c2cnc(N)c(OC(C)c3c(Cl)ccc(F)c3Cl)c2)ccc1O. The van der Waals surface area contributed by atoms with Crippen LogP contribution in [0.2, 0.25) is 10.0 Å². The Labute approximate surface area is 171 Å². The van der Waals surface area contributed by atoms with E-state index in [0.717, 1.165) is 5.56 Å². The highest BCUT2D eigenvalue weighted by Gasteiger charge is 2.20. The molecule has 0 aliphatic carbocycles. The van der Waals surface area contributed by atoms with Crippen LogP contribution >= 0.6 is 23.2 Å². The van der Waals surface area contributed by atoms with Crippen LogP contribution in [0.25, 0.3) is 11.1 Å². The van der Waals surface area contributed by atoms with Gasteiger partial charge in [-0.2, -0.15) is 0 Å². The van der Waals surface area contributed by atoms with Crippen LogP contribution in [-0.2, 0) is 0 Å². The number of aromatic hydroxyl groups is 1. The average Bonchev–Trinajstić information content (AvgIpc) is 2.67. The van der Waals surface area contributed by atoms with Crippen molar-refractivity contribution >= 4 is 29.0 Å². The van der Waals surface area contributed by atoms with Gasteiger partial charge in [0, 0.05) is 22.3 Å². The number of ether oxygens (including phenoxy) is 2. The number of aromatic nitrogens is 1. The van der Waals surface area contributed by atoms with E-state index in [4.69, 9.17) is 38.4 Å². The maximum atomic E-state index is 13.8. The standard InChI is InChI=1S/C20H17Cl2FN2O3/c1-10(18-13(21)4-5-14(23)19(18)22)28-17-8-12(9-25-20(17)24)11-3-6-15(26)16(7-11)27-2/h3-10,26H,1-2H3,(H2,24,25). The maximum absolute atomic E-state index is 13.8. The molecule has 8 heteroatoms. The summed E-state index contributed by atoms with van der Waals surface area (Å²) >= 11 is 12.2. The number of phenolic OH excluding ortho intramolecular Hbond substituents is 1. The molecular weight excluding hydrogens is 406 g/mol. The molecule has 146 valence electrons. The number of nitrogens with two attached hydrogens (primary N) is 1. The number of benzene rings is 2. The van der Waals surface area contributed by atoms with Crippen molar-refractivity contribution < 1.29 is 19.0 Å². The number of hydrogen-bond donors (Lipinski definition) is 2. The molecule has 1 heterocycles. The Morgan fingerprint density at radius 1 is 1.11 bits per heavy atom. The minimum absolute atomic E-state index is 0.0233. The molecule has 1 aromatic heterocycles. The van der Waals surface area contributed by atoms with Crippen LogP contribution in [-0.4, -0.2) is 17.2 Å². The van der Waals surface area contributed by atoms with Crippen molar-refractivity contribution in [3.63, 3.8) is 0 Å². The van der Waals surface area contributed by atoms with Crippen molar-refractivity contribution in [1.82, 2.24) is 4.98 Å². The minimum Gasteiger partial charge on any atom is -0.504 e. The zero-order valence-corrected chi connectivity index (χ0v) is 16.6. The van der Waals surface area contributed by atoms with E-state index in [1.54, 1.807) is 31.3 Å². The largest absolute Gasteiger partial charge is 0.504 e. The normalized spacial score (nSPS) is 11.9. The molecule has 2 aromatic carbocycles. The lowest BCUT2D eigenvalue weighted by Gasteiger charge is -2.19. The molecule has 0 spiro atoms. The summed E-state index contributed by atoms with van der Waals surface area (Å²) in [7, 11) is 1.46. The van der Waals surface area contributed by atoms with Gasteiger partial charge in [0.25, 0.3) is 0 Å². The quantitative estimate of drug-likeness (QED) is 0.520. The Morgan fingerprint density at radius 3 is 2.54 bits per heavy atom. The van der Waals surface area contributed by atoms with Crippen LogP contribution in [0, 0.1) is 5.82 Å². The molecule has 3 aromatic rings. The van der Waals surface area contributed by atoms with Crippen molar-refractivity contribution in [3.8, 4) is 28.4 Å². The summed E-state index contributed by atoms with van der Waals surface area (Å²) in [6.07, 6.45) is 0.894. The van der Waals surface area contributed by atoms with E-state index >= 15 is 0 Å². The molecule has 0 bridgehead atoms.